The van der Waals surface area contributed by atoms with E-state index in [2.05, 4.69) is 20.3 Å². The van der Waals surface area contributed by atoms with Crippen LogP contribution in [0.3, 0.4) is 0 Å². The van der Waals surface area contributed by atoms with E-state index in [0.717, 1.165) is 35.9 Å². The average Bonchev–Trinajstić information content (AvgIpc) is 3.91. The number of amides is 3. The van der Waals surface area contributed by atoms with Gasteiger partial charge in [0.2, 0.25) is 21.8 Å². The molecule has 2 aromatic carbocycles. The lowest BCUT2D eigenvalue weighted by Gasteiger charge is -2.30. The van der Waals surface area contributed by atoms with Gasteiger partial charge in [0, 0.05) is 29.1 Å². The maximum Gasteiger partial charge on any atom is 0.274 e. The van der Waals surface area contributed by atoms with Gasteiger partial charge in [0.15, 0.2) is 0 Å². The largest absolute Gasteiger partial charge is 0.497 e. The number of ether oxygens (including phenoxy) is 2. The van der Waals surface area contributed by atoms with Crippen molar-refractivity contribution in [2.75, 3.05) is 19.0 Å². The average molecular weight is 756 g/mol. The van der Waals surface area contributed by atoms with Crippen LogP contribution < -0.4 is 24.8 Å². The molecule has 3 fully saturated rings. The number of thiazole rings is 1. The van der Waals surface area contributed by atoms with E-state index in [4.69, 9.17) is 21.1 Å². The Morgan fingerprint density at radius 1 is 1.14 bits per heavy atom. The van der Waals surface area contributed by atoms with Crippen LogP contribution >= 0.6 is 22.9 Å². The lowest BCUT2D eigenvalue weighted by Crippen LogP contribution is -2.58. The number of hydrogen-bond donors (Lipinski definition) is 3. The number of hydrogen-bond acceptors (Lipinski definition) is 10. The zero-order valence-electron chi connectivity index (χ0n) is 28.5. The van der Waals surface area contributed by atoms with Crippen molar-refractivity contribution in [1.29, 1.82) is 0 Å². The zero-order chi connectivity index (χ0) is 36.0. The van der Waals surface area contributed by atoms with Gasteiger partial charge in [0.1, 0.15) is 29.5 Å². The molecule has 0 radical (unpaired) electrons. The number of carbonyl (C=O) groups excluding carboxylic acids is 3. The third kappa shape index (κ3) is 7.40. The predicted octanol–water partition coefficient (Wildman–Crippen LogP) is 5.18. The summed E-state index contributed by atoms with van der Waals surface area (Å²) >= 11 is 7.52. The number of methoxy groups -OCH3 is 1. The molecule has 2 aliphatic carbocycles. The summed E-state index contributed by atoms with van der Waals surface area (Å²) in [6, 6.07) is 11.1. The fraction of sp³-hybridized carbons (Fsp3) is 0.500. The standard InChI is InChI=1S/C36H42ClN5O7S2/c1-35(15-16-35)51(46,47)41-33(45)36-20-22(36)9-6-4-3-5-7-12-28(38-24-10-8-11-25(18-24)48-2)32(44)42-21-26(19-29(42)31(43)40-36)49-34-39-27-14-13-23(37)17-30(27)50-34/h6,8-11,13-14,17-18,22,26,28-29,38H,3-5,7,12,15-16,19-21H2,1-2H3,(H,40,43)(H,41,45)/b9-6-/t22-,26+,28-,29-,36+/m0/s1. The van der Waals surface area contributed by atoms with Crippen LogP contribution in [0, 0.1) is 5.92 Å². The molecular formula is C36H42ClN5O7S2. The van der Waals surface area contributed by atoms with Crippen molar-refractivity contribution in [3.05, 3.63) is 59.6 Å². The van der Waals surface area contributed by atoms with Gasteiger partial charge in [0.25, 0.3) is 11.1 Å². The Morgan fingerprint density at radius 2 is 1.96 bits per heavy atom. The molecule has 0 unspecified atom stereocenters. The Hall–Kier alpha value is -3.88. The topological polar surface area (TPSA) is 156 Å². The molecule has 2 saturated carbocycles. The third-order valence-corrected chi connectivity index (χ3v) is 13.8. The molecule has 51 heavy (non-hydrogen) atoms. The van der Waals surface area contributed by atoms with E-state index in [1.165, 1.54) is 16.2 Å². The number of anilines is 1. The summed E-state index contributed by atoms with van der Waals surface area (Å²) in [6.45, 7) is 1.72. The SMILES string of the molecule is COc1cccc(N[C@H]2CCCCC/C=C\[C@H]3C[C@@]3(C(=O)NS(=O)(=O)C3(C)CC3)NC(=O)[C@@H]3C[C@@H](Oc4nc5ccc(Cl)cc5s4)CN3C2=O)c1. The number of benzene rings is 2. The van der Waals surface area contributed by atoms with E-state index >= 15 is 0 Å². The molecule has 1 saturated heterocycles. The van der Waals surface area contributed by atoms with Crippen molar-refractivity contribution in [3.8, 4) is 10.9 Å². The molecule has 3 aromatic rings. The Kier molecular flexibility index (Phi) is 9.70. The van der Waals surface area contributed by atoms with Crippen molar-refractivity contribution in [2.45, 2.75) is 93.2 Å². The molecule has 1 aromatic heterocycles. The van der Waals surface area contributed by atoms with Crippen LogP contribution in [0.15, 0.2) is 54.6 Å². The van der Waals surface area contributed by atoms with Crippen molar-refractivity contribution in [3.63, 3.8) is 0 Å². The van der Waals surface area contributed by atoms with Gasteiger partial charge in [-0.25, -0.2) is 13.4 Å². The van der Waals surface area contributed by atoms with Crippen molar-refractivity contribution >= 4 is 66.6 Å². The molecule has 3 heterocycles. The molecule has 272 valence electrons. The zero-order valence-corrected chi connectivity index (χ0v) is 30.9. The number of allylic oxidation sites excluding steroid dienone is 1. The van der Waals surface area contributed by atoms with Gasteiger partial charge in [-0.3, -0.25) is 19.1 Å². The van der Waals surface area contributed by atoms with E-state index in [0.29, 0.717) is 40.9 Å². The minimum Gasteiger partial charge on any atom is -0.497 e. The molecular weight excluding hydrogens is 714 g/mol. The van der Waals surface area contributed by atoms with Gasteiger partial charge in [0.05, 0.1) is 28.6 Å². The van der Waals surface area contributed by atoms with Gasteiger partial charge < -0.3 is 25.0 Å². The summed E-state index contributed by atoms with van der Waals surface area (Å²) in [7, 11) is -2.37. The number of rotatable bonds is 8. The van der Waals surface area contributed by atoms with Crippen LogP contribution in [0.4, 0.5) is 5.69 Å². The van der Waals surface area contributed by atoms with Crippen LogP contribution in [0.1, 0.15) is 64.7 Å². The molecule has 3 N–H and O–H groups in total. The van der Waals surface area contributed by atoms with Crippen LogP contribution in [-0.2, 0) is 24.4 Å². The maximum absolute atomic E-state index is 14.6. The Bertz CT molecular complexity index is 1980. The Labute approximate surface area is 306 Å². The van der Waals surface area contributed by atoms with Crippen molar-refractivity contribution in [2.24, 2.45) is 5.92 Å². The van der Waals surface area contributed by atoms with Gasteiger partial charge >= 0.3 is 0 Å². The number of carbonyl (C=O) groups is 3. The summed E-state index contributed by atoms with van der Waals surface area (Å²) < 4.78 is 40.1. The van der Waals surface area contributed by atoms with E-state index in [1.807, 2.05) is 36.4 Å². The van der Waals surface area contributed by atoms with Gasteiger partial charge in [-0.1, -0.05) is 54.0 Å². The predicted molar refractivity (Wildman–Crippen MR) is 195 cm³/mol. The van der Waals surface area contributed by atoms with E-state index in [9.17, 15) is 22.8 Å². The summed E-state index contributed by atoms with van der Waals surface area (Å²) in [6.07, 6.45) is 8.45. The fourth-order valence-corrected chi connectivity index (χ4v) is 9.40. The third-order valence-electron chi connectivity index (χ3n) is 10.5. The highest BCUT2D eigenvalue weighted by atomic mass is 35.5. The van der Waals surface area contributed by atoms with Gasteiger partial charge in [-0.2, -0.15) is 0 Å². The van der Waals surface area contributed by atoms with Crippen LogP contribution in [0.5, 0.6) is 10.9 Å². The number of halogens is 1. The summed E-state index contributed by atoms with van der Waals surface area (Å²) in [5.41, 5.74) is -0.0271. The van der Waals surface area contributed by atoms with Gasteiger partial charge in [-0.15, -0.1) is 0 Å². The van der Waals surface area contributed by atoms with Crippen LogP contribution in [0.25, 0.3) is 10.2 Å². The van der Waals surface area contributed by atoms with Crippen LogP contribution in [0.2, 0.25) is 5.02 Å². The summed E-state index contributed by atoms with van der Waals surface area (Å²) in [5.74, 6) is -1.31. The number of fused-ring (bicyclic) bond motifs is 3. The quantitative estimate of drug-likeness (QED) is 0.264. The number of sulfonamides is 1. The second-order valence-electron chi connectivity index (χ2n) is 14.2. The molecule has 15 heteroatoms. The summed E-state index contributed by atoms with van der Waals surface area (Å²) in [5, 5.41) is 7.29. The molecule has 0 bridgehead atoms. The van der Waals surface area contributed by atoms with Crippen LogP contribution in [-0.4, -0.2) is 78.2 Å². The normalized spacial score (nSPS) is 28.3. The lowest BCUT2D eigenvalue weighted by molar-refractivity contribution is -0.140. The maximum atomic E-state index is 14.6. The molecule has 4 aliphatic rings. The molecule has 7 rings (SSSR count). The number of aromatic nitrogens is 1. The molecule has 12 nitrogen and oxygen atoms in total. The first-order valence-electron chi connectivity index (χ1n) is 17.4. The Morgan fingerprint density at radius 3 is 2.75 bits per heavy atom. The highest BCUT2D eigenvalue weighted by Gasteiger charge is 2.63. The monoisotopic (exact) mass is 755 g/mol. The lowest BCUT2D eigenvalue weighted by atomic mass is 10.0. The molecule has 3 amide bonds. The summed E-state index contributed by atoms with van der Waals surface area (Å²) in [4.78, 5) is 48.8. The van der Waals surface area contributed by atoms with E-state index in [1.54, 1.807) is 32.2 Å². The number of nitrogens with one attached hydrogen (secondary N) is 3. The van der Waals surface area contributed by atoms with E-state index in [-0.39, 0.29) is 31.2 Å². The molecule has 2 aliphatic heterocycles. The first-order valence-corrected chi connectivity index (χ1v) is 20.1. The first-order chi connectivity index (χ1) is 24.4. The first kappa shape index (κ1) is 35.5. The highest BCUT2D eigenvalue weighted by Crippen LogP contribution is 2.47. The molecule has 0 spiro atoms. The van der Waals surface area contributed by atoms with Crippen molar-refractivity contribution in [1.82, 2.24) is 19.9 Å². The minimum absolute atomic E-state index is 0.110. The fourth-order valence-electron chi connectivity index (χ4n) is 6.93. The number of nitrogens with zero attached hydrogens (tertiary/aromatic N) is 2. The van der Waals surface area contributed by atoms with Crippen molar-refractivity contribution < 1.29 is 32.3 Å². The smallest absolute Gasteiger partial charge is 0.274 e. The van der Waals surface area contributed by atoms with Gasteiger partial charge in [-0.05, 0) is 75.8 Å². The molecule has 5 atom stereocenters. The second-order valence-corrected chi connectivity index (χ2v) is 17.9. The highest BCUT2D eigenvalue weighted by molar-refractivity contribution is 7.91. The second kappa shape index (κ2) is 13.9. The Balaban J connectivity index is 1.19. The van der Waals surface area contributed by atoms with E-state index < -0.39 is 50.3 Å². The minimum atomic E-state index is -3.95.